The molecule has 0 aliphatic carbocycles. The number of rotatable bonds is 10. The number of aliphatic hydroxyl groups excluding tert-OH is 1. The molecule has 0 fully saturated rings. The number of aliphatic hydroxyl groups is 1. The van der Waals surface area contributed by atoms with Crippen molar-refractivity contribution < 1.29 is 18.3 Å². The van der Waals surface area contributed by atoms with E-state index in [1.807, 2.05) is 6.92 Å². The molecule has 1 rings (SSSR count). The van der Waals surface area contributed by atoms with Crippen molar-refractivity contribution >= 4 is 0 Å². The van der Waals surface area contributed by atoms with Crippen molar-refractivity contribution in [2.45, 2.75) is 25.8 Å². The van der Waals surface area contributed by atoms with E-state index >= 15 is 0 Å². The number of benzene rings is 1. The third-order valence-electron chi connectivity index (χ3n) is 3.28. The van der Waals surface area contributed by atoms with E-state index < -0.39 is 6.43 Å². The largest absolute Gasteiger partial charge is 0.395 e. The van der Waals surface area contributed by atoms with Crippen molar-refractivity contribution in [2.75, 3.05) is 32.8 Å². The highest BCUT2D eigenvalue weighted by atomic mass is 19.3. The van der Waals surface area contributed by atoms with Crippen LogP contribution in [0.3, 0.4) is 0 Å². The number of alkyl halides is 2. The normalized spacial score (nSPS) is 13.1. The monoisotopic (exact) mass is 304 g/mol. The third kappa shape index (κ3) is 6.46. The van der Waals surface area contributed by atoms with Gasteiger partial charge in [-0.15, -0.1) is 0 Å². The number of hydrogen-bond acceptors (Lipinski definition) is 3. The van der Waals surface area contributed by atoms with Gasteiger partial charge in [-0.1, -0.05) is 25.1 Å². The van der Waals surface area contributed by atoms with Crippen molar-refractivity contribution in [3.8, 4) is 0 Å². The number of halogens is 3. The first-order valence-corrected chi connectivity index (χ1v) is 7.17. The Labute approximate surface area is 123 Å². The van der Waals surface area contributed by atoms with E-state index in [9.17, 15) is 13.2 Å². The zero-order chi connectivity index (χ0) is 15.7. The molecule has 0 spiro atoms. The molecule has 1 aromatic rings. The Morgan fingerprint density at radius 2 is 1.95 bits per heavy atom. The van der Waals surface area contributed by atoms with Gasteiger partial charge in [0.2, 0.25) is 0 Å². The molecule has 120 valence electrons. The number of hydrogen-bond donors (Lipinski definition) is 2. The first-order chi connectivity index (χ1) is 10.1. The average Bonchev–Trinajstić information content (AvgIpc) is 2.43. The van der Waals surface area contributed by atoms with Gasteiger partial charge >= 0.3 is 0 Å². The van der Waals surface area contributed by atoms with Gasteiger partial charge in [-0.05, 0) is 19.0 Å². The van der Waals surface area contributed by atoms with Crippen LogP contribution in [0.15, 0.2) is 24.3 Å². The zero-order valence-corrected chi connectivity index (χ0v) is 12.2. The van der Waals surface area contributed by atoms with E-state index in [1.165, 1.54) is 11.0 Å². The predicted molar refractivity (Wildman–Crippen MR) is 77.0 cm³/mol. The second kappa shape index (κ2) is 9.76. The van der Waals surface area contributed by atoms with Gasteiger partial charge in [0.05, 0.1) is 13.2 Å². The van der Waals surface area contributed by atoms with E-state index in [4.69, 9.17) is 5.11 Å². The number of nitrogens with zero attached hydrogens (tertiary/aromatic N) is 1. The van der Waals surface area contributed by atoms with Gasteiger partial charge < -0.3 is 10.4 Å². The van der Waals surface area contributed by atoms with Crippen LogP contribution in [-0.2, 0) is 0 Å². The summed E-state index contributed by atoms with van der Waals surface area (Å²) in [6.07, 6.45) is -1.94. The topological polar surface area (TPSA) is 35.5 Å². The van der Waals surface area contributed by atoms with E-state index in [0.29, 0.717) is 25.1 Å². The van der Waals surface area contributed by atoms with Gasteiger partial charge in [0.1, 0.15) is 5.82 Å². The summed E-state index contributed by atoms with van der Waals surface area (Å²) >= 11 is 0. The van der Waals surface area contributed by atoms with Gasteiger partial charge in [0.15, 0.2) is 0 Å². The molecule has 6 heteroatoms. The molecular weight excluding hydrogens is 281 g/mol. The summed E-state index contributed by atoms with van der Waals surface area (Å²) in [7, 11) is 0. The minimum absolute atomic E-state index is 0.168. The van der Waals surface area contributed by atoms with Gasteiger partial charge in [-0.25, -0.2) is 13.2 Å². The van der Waals surface area contributed by atoms with E-state index in [2.05, 4.69) is 5.32 Å². The Balaban J connectivity index is 2.67. The SMILES string of the molecule is CCNC(CCN(CCO)CC(F)F)c1ccccc1F. The first-order valence-electron chi connectivity index (χ1n) is 7.17. The zero-order valence-electron chi connectivity index (χ0n) is 12.2. The maximum atomic E-state index is 13.8. The molecule has 2 N–H and O–H groups in total. The van der Waals surface area contributed by atoms with Gasteiger partial charge in [-0.3, -0.25) is 4.90 Å². The van der Waals surface area contributed by atoms with Crippen LogP contribution in [-0.4, -0.2) is 49.2 Å². The lowest BCUT2D eigenvalue weighted by Gasteiger charge is -2.25. The Morgan fingerprint density at radius 3 is 2.52 bits per heavy atom. The van der Waals surface area contributed by atoms with Crippen molar-refractivity contribution in [1.29, 1.82) is 0 Å². The number of nitrogens with one attached hydrogen (secondary N) is 1. The lowest BCUT2D eigenvalue weighted by molar-refractivity contribution is 0.0761. The average molecular weight is 304 g/mol. The van der Waals surface area contributed by atoms with Crippen LogP contribution < -0.4 is 5.32 Å². The third-order valence-corrected chi connectivity index (χ3v) is 3.28. The summed E-state index contributed by atoms with van der Waals surface area (Å²) < 4.78 is 38.8. The molecule has 0 heterocycles. The fourth-order valence-corrected chi connectivity index (χ4v) is 2.31. The Kier molecular flexibility index (Phi) is 8.34. The molecule has 1 unspecified atom stereocenters. The molecule has 1 atom stereocenters. The molecule has 3 nitrogen and oxygen atoms in total. The summed E-state index contributed by atoms with van der Waals surface area (Å²) in [5.74, 6) is -0.300. The summed E-state index contributed by atoms with van der Waals surface area (Å²) in [5.41, 5.74) is 0.542. The lowest BCUT2D eigenvalue weighted by atomic mass is 10.0. The lowest BCUT2D eigenvalue weighted by Crippen LogP contribution is -2.35. The van der Waals surface area contributed by atoms with E-state index in [0.717, 1.165) is 0 Å². The Hall–Kier alpha value is -1.11. The van der Waals surface area contributed by atoms with Crippen LogP contribution in [0.4, 0.5) is 13.2 Å². The van der Waals surface area contributed by atoms with Crippen molar-refractivity contribution in [2.24, 2.45) is 0 Å². The molecule has 0 aliphatic heterocycles. The van der Waals surface area contributed by atoms with Crippen LogP contribution in [0.25, 0.3) is 0 Å². The fraction of sp³-hybridized carbons (Fsp3) is 0.600. The second-order valence-corrected chi connectivity index (χ2v) is 4.84. The van der Waals surface area contributed by atoms with Crippen LogP contribution in [0.5, 0.6) is 0 Å². The molecule has 0 saturated carbocycles. The predicted octanol–water partition coefficient (Wildman–Crippen LogP) is 2.43. The quantitative estimate of drug-likeness (QED) is 0.697. The smallest absolute Gasteiger partial charge is 0.251 e. The molecular formula is C15H23F3N2O. The van der Waals surface area contributed by atoms with Crippen LogP contribution >= 0.6 is 0 Å². The Bertz CT molecular complexity index is 404. The summed E-state index contributed by atoms with van der Waals surface area (Å²) in [6, 6.07) is 6.25. The molecule has 0 saturated heterocycles. The van der Waals surface area contributed by atoms with Crippen LogP contribution in [0.1, 0.15) is 24.9 Å². The molecule has 0 radical (unpaired) electrons. The van der Waals surface area contributed by atoms with Crippen molar-refractivity contribution in [3.63, 3.8) is 0 Å². The minimum atomic E-state index is -2.44. The minimum Gasteiger partial charge on any atom is -0.395 e. The molecule has 1 aromatic carbocycles. The van der Waals surface area contributed by atoms with Crippen LogP contribution in [0, 0.1) is 5.82 Å². The van der Waals surface area contributed by atoms with Crippen molar-refractivity contribution in [3.05, 3.63) is 35.6 Å². The molecule has 0 amide bonds. The maximum absolute atomic E-state index is 13.8. The highest BCUT2D eigenvalue weighted by Crippen LogP contribution is 2.20. The summed E-state index contributed by atoms with van der Waals surface area (Å²) in [4.78, 5) is 1.50. The standard InChI is InChI=1S/C15H23F3N2O/c1-2-19-14(12-5-3-4-6-13(12)16)7-8-20(9-10-21)11-15(17)18/h3-6,14-15,19,21H,2,7-11H2,1H3. The summed E-state index contributed by atoms with van der Waals surface area (Å²) in [6.45, 7) is 2.60. The van der Waals surface area contributed by atoms with E-state index in [-0.39, 0.29) is 31.6 Å². The van der Waals surface area contributed by atoms with E-state index in [1.54, 1.807) is 18.2 Å². The molecule has 21 heavy (non-hydrogen) atoms. The molecule has 0 bridgehead atoms. The van der Waals surface area contributed by atoms with Gasteiger partial charge in [-0.2, -0.15) is 0 Å². The van der Waals surface area contributed by atoms with Crippen molar-refractivity contribution in [1.82, 2.24) is 10.2 Å². The highest BCUT2D eigenvalue weighted by Gasteiger charge is 2.17. The van der Waals surface area contributed by atoms with Gasteiger partial charge in [0, 0.05) is 24.7 Å². The van der Waals surface area contributed by atoms with Crippen LogP contribution in [0.2, 0.25) is 0 Å². The molecule has 0 aromatic heterocycles. The highest BCUT2D eigenvalue weighted by molar-refractivity contribution is 5.21. The fourth-order valence-electron chi connectivity index (χ4n) is 2.31. The molecule has 0 aliphatic rings. The summed E-state index contributed by atoms with van der Waals surface area (Å²) in [5, 5.41) is 12.1. The van der Waals surface area contributed by atoms with Gasteiger partial charge in [0.25, 0.3) is 6.43 Å². The first kappa shape index (κ1) is 17.9. The Morgan fingerprint density at radius 1 is 1.24 bits per heavy atom. The second-order valence-electron chi connectivity index (χ2n) is 4.84. The maximum Gasteiger partial charge on any atom is 0.251 e.